The zero-order valence-electron chi connectivity index (χ0n) is 17.0. The molecule has 30 heavy (non-hydrogen) atoms. The van der Waals surface area contributed by atoms with Crippen molar-refractivity contribution < 1.29 is 19.1 Å². The zero-order valence-corrected chi connectivity index (χ0v) is 17.0. The van der Waals surface area contributed by atoms with Crippen LogP contribution in [0.5, 0.6) is 11.5 Å². The molecule has 2 amide bonds. The van der Waals surface area contributed by atoms with Crippen LogP contribution in [-0.4, -0.2) is 60.6 Å². The third kappa shape index (κ3) is 3.55. The monoisotopic (exact) mass is 407 g/mol. The first kappa shape index (κ1) is 19.1. The van der Waals surface area contributed by atoms with E-state index in [0.29, 0.717) is 5.69 Å². The predicted octanol–water partition coefficient (Wildman–Crippen LogP) is 2.17. The number of carbonyl (C=O) groups excluding carboxylic acids is 2. The van der Waals surface area contributed by atoms with Gasteiger partial charge in [0.15, 0.2) is 11.5 Å². The molecule has 3 heterocycles. The molecule has 0 spiro atoms. The molecule has 0 N–H and O–H groups in total. The maximum atomic E-state index is 13.0. The van der Waals surface area contributed by atoms with Crippen LogP contribution in [0.25, 0.3) is 0 Å². The first-order chi connectivity index (χ1) is 14.6. The normalized spacial score (nSPS) is 22.2. The first-order valence-electron chi connectivity index (χ1n) is 10.4. The highest BCUT2D eigenvalue weighted by atomic mass is 16.7. The predicted molar refractivity (Wildman–Crippen MR) is 111 cm³/mol. The van der Waals surface area contributed by atoms with Crippen LogP contribution in [0.2, 0.25) is 0 Å². The number of rotatable bonds is 4. The molecular formula is C23H25N3O4. The average Bonchev–Trinajstić information content (AvgIpc) is 3.32. The molecule has 2 fully saturated rings. The maximum Gasteiger partial charge on any atom is 0.251 e. The van der Waals surface area contributed by atoms with Gasteiger partial charge in [0.05, 0.1) is 18.2 Å². The highest BCUT2D eigenvalue weighted by Crippen LogP contribution is 2.33. The number of piperazine rings is 1. The van der Waals surface area contributed by atoms with Gasteiger partial charge in [-0.05, 0) is 42.3 Å². The summed E-state index contributed by atoms with van der Waals surface area (Å²) < 4.78 is 10.8. The fourth-order valence-corrected chi connectivity index (χ4v) is 4.47. The Morgan fingerprint density at radius 3 is 2.57 bits per heavy atom. The Morgan fingerprint density at radius 1 is 0.967 bits per heavy atom. The summed E-state index contributed by atoms with van der Waals surface area (Å²) in [5.41, 5.74) is 2.90. The van der Waals surface area contributed by atoms with Crippen molar-refractivity contribution in [2.45, 2.75) is 25.9 Å². The number of ether oxygens (including phenoxy) is 2. The molecule has 0 bridgehead atoms. The van der Waals surface area contributed by atoms with E-state index in [1.54, 1.807) is 0 Å². The van der Waals surface area contributed by atoms with E-state index in [1.165, 1.54) is 10.5 Å². The molecule has 1 unspecified atom stereocenters. The number of aryl methyl sites for hydroxylation is 1. The third-order valence-electron chi connectivity index (χ3n) is 6.07. The van der Waals surface area contributed by atoms with Crippen molar-refractivity contribution in [1.82, 2.24) is 9.80 Å². The highest BCUT2D eigenvalue weighted by molar-refractivity contribution is 6.22. The van der Waals surface area contributed by atoms with Crippen molar-refractivity contribution in [2.75, 3.05) is 37.9 Å². The minimum atomic E-state index is -0.356. The van der Waals surface area contributed by atoms with E-state index in [1.807, 2.05) is 43.3 Å². The molecule has 7 nitrogen and oxygen atoms in total. The van der Waals surface area contributed by atoms with Crippen LogP contribution in [0.15, 0.2) is 42.5 Å². The van der Waals surface area contributed by atoms with E-state index >= 15 is 0 Å². The molecule has 5 rings (SSSR count). The van der Waals surface area contributed by atoms with Crippen LogP contribution in [0.4, 0.5) is 5.69 Å². The molecule has 0 aromatic heterocycles. The topological polar surface area (TPSA) is 62.3 Å². The zero-order chi connectivity index (χ0) is 20.7. The summed E-state index contributed by atoms with van der Waals surface area (Å²) in [5, 5.41) is 0. The van der Waals surface area contributed by atoms with E-state index in [-0.39, 0.29) is 31.1 Å². The van der Waals surface area contributed by atoms with Gasteiger partial charge >= 0.3 is 0 Å². The van der Waals surface area contributed by atoms with E-state index in [4.69, 9.17) is 9.47 Å². The van der Waals surface area contributed by atoms with Gasteiger partial charge in [-0.2, -0.15) is 0 Å². The van der Waals surface area contributed by atoms with E-state index in [0.717, 1.165) is 49.8 Å². The van der Waals surface area contributed by atoms with Gasteiger partial charge in [-0.25, -0.2) is 4.90 Å². The van der Waals surface area contributed by atoms with Gasteiger partial charge in [0.2, 0.25) is 12.7 Å². The molecule has 2 saturated heterocycles. The van der Waals surface area contributed by atoms with Gasteiger partial charge in [-0.1, -0.05) is 18.2 Å². The van der Waals surface area contributed by atoms with Crippen LogP contribution in [-0.2, 0) is 16.1 Å². The molecule has 156 valence electrons. The summed E-state index contributed by atoms with van der Waals surface area (Å²) >= 11 is 0. The van der Waals surface area contributed by atoms with Gasteiger partial charge in [-0.15, -0.1) is 0 Å². The average molecular weight is 407 g/mol. The second kappa shape index (κ2) is 7.74. The Hall–Kier alpha value is -2.90. The third-order valence-corrected chi connectivity index (χ3v) is 6.07. The van der Waals surface area contributed by atoms with Gasteiger partial charge in [-0.3, -0.25) is 19.4 Å². The molecule has 3 aliphatic heterocycles. The summed E-state index contributed by atoms with van der Waals surface area (Å²) in [7, 11) is 0. The number of fused-ring (bicyclic) bond motifs is 1. The number of imide groups is 1. The Balaban J connectivity index is 1.20. The SMILES string of the molecule is Cc1cccc(N2C(=O)CC(N3CCN(Cc4ccc5c(c4)OCO5)CC3)C2=O)c1. The quantitative estimate of drug-likeness (QED) is 0.724. The molecule has 1 atom stereocenters. The van der Waals surface area contributed by atoms with Gasteiger partial charge in [0, 0.05) is 32.7 Å². The lowest BCUT2D eigenvalue weighted by atomic mass is 10.1. The van der Waals surface area contributed by atoms with Crippen LogP contribution < -0.4 is 14.4 Å². The minimum absolute atomic E-state index is 0.102. The summed E-state index contributed by atoms with van der Waals surface area (Å²) in [5.74, 6) is 1.39. The van der Waals surface area contributed by atoms with Crippen LogP contribution in [0, 0.1) is 6.92 Å². The molecule has 0 aliphatic carbocycles. The Kier molecular flexibility index (Phi) is 4.92. The molecule has 7 heteroatoms. The van der Waals surface area contributed by atoms with Crippen molar-refractivity contribution in [3.8, 4) is 11.5 Å². The lowest BCUT2D eigenvalue weighted by Gasteiger charge is -2.37. The molecule has 0 saturated carbocycles. The number of anilines is 1. The van der Waals surface area contributed by atoms with Crippen molar-refractivity contribution in [3.05, 3.63) is 53.6 Å². The first-order valence-corrected chi connectivity index (χ1v) is 10.4. The number of hydrogen-bond acceptors (Lipinski definition) is 6. The summed E-state index contributed by atoms with van der Waals surface area (Å²) in [4.78, 5) is 31.5. The standard InChI is InChI=1S/C23H25N3O4/c1-16-3-2-4-18(11-16)26-22(27)13-19(23(26)28)25-9-7-24(8-10-25)14-17-5-6-20-21(12-17)30-15-29-20/h2-6,11-12,19H,7-10,13-15H2,1H3. The maximum absolute atomic E-state index is 13.0. The highest BCUT2D eigenvalue weighted by Gasteiger charge is 2.43. The Labute approximate surface area is 175 Å². The Bertz CT molecular complexity index is 984. The molecule has 0 radical (unpaired) electrons. The van der Waals surface area contributed by atoms with Crippen molar-refractivity contribution in [3.63, 3.8) is 0 Å². The number of nitrogens with zero attached hydrogens (tertiary/aromatic N) is 3. The number of benzene rings is 2. The molecule has 2 aromatic carbocycles. The van der Waals surface area contributed by atoms with Crippen LogP contribution in [0.3, 0.4) is 0 Å². The lowest BCUT2D eigenvalue weighted by molar-refractivity contribution is -0.123. The second-order valence-electron chi connectivity index (χ2n) is 8.13. The number of carbonyl (C=O) groups is 2. The van der Waals surface area contributed by atoms with Gasteiger partial charge in [0.25, 0.3) is 5.91 Å². The largest absolute Gasteiger partial charge is 0.454 e. The Morgan fingerprint density at radius 2 is 1.77 bits per heavy atom. The van der Waals surface area contributed by atoms with Gasteiger partial charge < -0.3 is 9.47 Å². The number of amides is 2. The summed E-state index contributed by atoms with van der Waals surface area (Å²) in [6.07, 6.45) is 0.259. The van der Waals surface area contributed by atoms with E-state index in [2.05, 4.69) is 15.9 Å². The van der Waals surface area contributed by atoms with Crippen LogP contribution in [0.1, 0.15) is 17.5 Å². The second-order valence-corrected chi connectivity index (χ2v) is 8.13. The lowest BCUT2D eigenvalue weighted by Crippen LogP contribution is -2.52. The van der Waals surface area contributed by atoms with Crippen LogP contribution >= 0.6 is 0 Å². The van der Waals surface area contributed by atoms with Gasteiger partial charge in [0.1, 0.15) is 0 Å². The summed E-state index contributed by atoms with van der Waals surface area (Å²) in [6, 6.07) is 13.3. The summed E-state index contributed by atoms with van der Waals surface area (Å²) in [6.45, 7) is 6.34. The fraction of sp³-hybridized carbons (Fsp3) is 0.391. The van der Waals surface area contributed by atoms with E-state index in [9.17, 15) is 9.59 Å². The fourth-order valence-electron chi connectivity index (χ4n) is 4.47. The minimum Gasteiger partial charge on any atom is -0.454 e. The number of hydrogen-bond donors (Lipinski definition) is 0. The van der Waals surface area contributed by atoms with Crippen molar-refractivity contribution in [2.24, 2.45) is 0 Å². The molecule has 2 aromatic rings. The van der Waals surface area contributed by atoms with E-state index < -0.39 is 0 Å². The molecule has 3 aliphatic rings. The smallest absolute Gasteiger partial charge is 0.251 e. The van der Waals surface area contributed by atoms with Crippen molar-refractivity contribution in [1.29, 1.82) is 0 Å². The molecular weight excluding hydrogens is 382 g/mol. The van der Waals surface area contributed by atoms with Crippen molar-refractivity contribution >= 4 is 17.5 Å².